The van der Waals surface area contributed by atoms with Crippen LogP contribution in [0, 0.1) is 12.3 Å². The Labute approximate surface area is 180 Å². The van der Waals surface area contributed by atoms with Gasteiger partial charge in [0.15, 0.2) is 15.8 Å². The van der Waals surface area contributed by atoms with Crippen LogP contribution in [0.3, 0.4) is 0 Å². The van der Waals surface area contributed by atoms with E-state index in [0.29, 0.717) is 16.9 Å². The minimum atomic E-state index is -3.18. The first-order chi connectivity index (χ1) is 12.3. The molecule has 1 aliphatic rings. The van der Waals surface area contributed by atoms with Crippen molar-refractivity contribution in [3.63, 3.8) is 0 Å². The molecular weight excluding hydrogens is 477 g/mol. The van der Waals surface area contributed by atoms with E-state index in [2.05, 4.69) is 15.6 Å². The lowest BCUT2D eigenvalue weighted by molar-refractivity contribution is 0.0732. The number of hydrogen-bond donors (Lipinski definition) is 2. The summed E-state index contributed by atoms with van der Waals surface area (Å²) in [5, 5.41) is 6.74. The zero-order valence-electron chi connectivity index (χ0n) is 16.7. The van der Waals surface area contributed by atoms with Gasteiger partial charge < -0.3 is 15.4 Å². The standard InChI is InChI=1S/C19H31N3O3S.HI/c1-15-12-16(6-7-17(15)26(4,23)24)13-21-18(20-2)22-14-19(8-5-9-19)10-11-25-3;/h6-7,12H,5,8-11,13-14H2,1-4H3,(H2,20,21,22);1H. The van der Waals surface area contributed by atoms with Gasteiger partial charge in [-0.15, -0.1) is 24.0 Å². The lowest BCUT2D eigenvalue weighted by Crippen LogP contribution is -2.46. The smallest absolute Gasteiger partial charge is 0.191 e. The van der Waals surface area contributed by atoms with Gasteiger partial charge in [-0.1, -0.05) is 18.6 Å². The van der Waals surface area contributed by atoms with Crippen molar-refractivity contribution in [2.24, 2.45) is 10.4 Å². The molecule has 27 heavy (non-hydrogen) atoms. The van der Waals surface area contributed by atoms with Gasteiger partial charge in [0.25, 0.3) is 0 Å². The van der Waals surface area contributed by atoms with Gasteiger partial charge >= 0.3 is 0 Å². The predicted octanol–water partition coefficient (Wildman–Crippen LogP) is 2.89. The van der Waals surface area contributed by atoms with Crippen LogP contribution in [0.15, 0.2) is 28.1 Å². The minimum Gasteiger partial charge on any atom is -0.385 e. The van der Waals surface area contributed by atoms with E-state index in [1.165, 1.54) is 25.5 Å². The van der Waals surface area contributed by atoms with E-state index in [1.807, 2.05) is 19.1 Å². The van der Waals surface area contributed by atoms with Crippen LogP contribution in [-0.4, -0.2) is 47.9 Å². The predicted molar refractivity (Wildman–Crippen MR) is 121 cm³/mol. The van der Waals surface area contributed by atoms with E-state index in [1.54, 1.807) is 20.2 Å². The molecule has 0 spiro atoms. The molecule has 1 saturated carbocycles. The van der Waals surface area contributed by atoms with Crippen molar-refractivity contribution in [3.05, 3.63) is 29.3 Å². The number of nitrogens with one attached hydrogen (secondary N) is 2. The number of guanidine groups is 1. The summed E-state index contributed by atoms with van der Waals surface area (Å²) in [5.41, 5.74) is 2.11. The molecule has 0 radical (unpaired) electrons. The van der Waals surface area contributed by atoms with Gasteiger partial charge in [-0.05, 0) is 48.8 Å². The Morgan fingerprint density at radius 3 is 2.48 bits per heavy atom. The van der Waals surface area contributed by atoms with Gasteiger partial charge in [-0.25, -0.2) is 8.42 Å². The largest absolute Gasteiger partial charge is 0.385 e. The maximum atomic E-state index is 11.7. The highest BCUT2D eigenvalue weighted by Gasteiger charge is 2.36. The molecular formula is C19H32IN3O3S. The second-order valence-electron chi connectivity index (χ2n) is 7.25. The highest BCUT2D eigenvalue weighted by Crippen LogP contribution is 2.43. The molecule has 1 fully saturated rings. The summed E-state index contributed by atoms with van der Waals surface area (Å²) in [7, 11) is 0.325. The zero-order valence-corrected chi connectivity index (χ0v) is 19.8. The highest BCUT2D eigenvalue weighted by molar-refractivity contribution is 14.0. The van der Waals surface area contributed by atoms with Crippen molar-refractivity contribution in [1.29, 1.82) is 0 Å². The molecule has 0 amide bonds. The van der Waals surface area contributed by atoms with E-state index in [-0.39, 0.29) is 24.0 Å². The monoisotopic (exact) mass is 509 g/mol. The number of ether oxygens (including phenoxy) is 1. The molecule has 0 aliphatic heterocycles. The van der Waals surface area contributed by atoms with Crippen molar-refractivity contribution in [2.75, 3.05) is 33.6 Å². The summed E-state index contributed by atoms with van der Waals surface area (Å²) in [6.07, 6.45) is 6.04. The van der Waals surface area contributed by atoms with Crippen molar-refractivity contribution >= 4 is 39.8 Å². The molecule has 0 bridgehead atoms. The average Bonchev–Trinajstić information content (AvgIpc) is 2.55. The fraction of sp³-hybridized carbons (Fsp3) is 0.632. The number of aliphatic imine (C=N–C) groups is 1. The Hall–Kier alpha value is -0.870. The highest BCUT2D eigenvalue weighted by atomic mass is 127. The lowest BCUT2D eigenvalue weighted by Gasteiger charge is -2.42. The number of halogens is 1. The summed E-state index contributed by atoms with van der Waals surface area (Å²) >= 11 is 0. The summed E-state index contributed by atoms with van der Waals surface area (Å²) < 4.78 is 28.7. The van der Waals surface area contributed by atoms with Gasteiger partial charge in [-0.3, -0.25) is 4.99 Å². The fourth-order valence-electron chi connectivity index (χ4n) is 3.43. The van der Waals surface area contributed by atoms with E-state index in [0.717, 1.165) is 36.7 Å². The molecule has 0 saturated heterocycles. The molecule has 0 heterocycles. The maximum Gasteiger partial charge on any atom is 0.191 e. The topological polar surface area (TPSA) is 79.8 Å². The molecule has 8 heteroatoms. The van der Waals surface area contributed by atoms with Gasteiger partial charge in [0.2, 0.25) is 0 Å². The van der Waals surface area contributed by atoms with Gasteiger partial charge in [0.1, 0.15) is 0 Å². The Morgan fingerprint density at radius 2 is 2.00 bits per heavy atom. The van der Waals surface area contributed by atoms with Crippen molar-refractivity contribution in [2.45, 2.75) is 44.0 Å². The molecule has 154 valence electrons. The normalized spacial score (nSPS) is 16.2. The molecule has 0 atom stereocenters. The van der Waals surface area contributed by atoms with Crippen LogP contribution in [0.4, 0.5) is 0 Å². The van der Waals surface area contributed by atoms with Crippen LogP contribution in [0.2, 0.25) is 0 Å². The summed E-state index contributed by atoms with van der Waals surface area (Å²) in [4.78, 5) is 4.67. The second kappa shape index (κ2) is 10.6. The fourth-order valence-corrected chi connectivity index (χ4v) is 4.38. The third-order valence-corrected chi connectivity index (χ3v) is 6.46. The molecule has 1 aromatic rings. The Balaban J connectivity index is 0.00000364. The second-order valence-corrected chi connectivity index (χ2v) is 9.23. The number of rotatable bonds is 8. The number of aryl methyl sites for hydroxylation is 1. The lowest BCUT2D eigenvalue weighted by atomic mass is 9.67. The Morgan fingerprint density at radius 1 is 1.30 bits per heavy atom. The first kappa shape index (κ1) is 24.2. The first-order valence-corrected chi connectivity index (χ1v) is 10.9. The molecule has 1 aliphatic carbocycles. The van der Waals surface area contributed by atoms with Crippen molar-refractivity contribution in [3.8, 4) is 0 Å². The molecule has 6 nitrogen and oxygen atoms in total. The van der Waals surface area contributed by atoms with Crippen molar-refractivity contribution < 1.29 is 13.2 Å². The molecule has 0 aromatic heterocycles. The number of sulfone groups is 1. The van der Waals surface area contributed by atoms with Crippen molar-refractivity contribution in [1.82, 2.24) is 10.6 Å². The number of methoxy groups -OCH3 is 1. The van der Waals surface area contributed by atoms with E-state index >= 15 is 0 Å². The zero-order chi connectivity index (χ0) is 19.2. The Kier molecular flexibility index (Phi) is 9.50. The van der Waals surface area contributed by atoms with Gasteiger partial charge in [0, 0.05) is 40.1 Å². The van der Waals surface area contributed by atoms with Crippen LogP contribution < -0.4 is 10.6 Å². The van der Waals surface area contributed by atoms with Crippen LogP contribution >= 0.6 is 24.0 Å². The minimum absolute atomic E-state index is 0. The van der Waals surface area contributed by atoms with E-state index < -0.39 is 9.84 Å². The Bertz CT molecular complexity index is 747. The maximum absolute atomic E-state index is 11.7. The number of hydrogen-bond acceptors (Lipinski definition) is 4. The molecule has 1 aromatic carbocycles. The van der Waals surface area contributed by atoms with Crippen LogP contribution in [0.1, 0.15) is 36.8 Å². The third kappa shape index (κ3) is 6.90. The van der Waals surface area contributed by atoms with Crippen LogP contribution in [0.25, 0.3) is 0 Å². The summed E-state index contributed by atoms with van der Waals surface area (Å²) in [6, 6.07) is 5.42. The average molecular weight is 509 g/mol. The van der Waals surface area contributed by atoms with Gasteiger partial charge in [0.05, 0.1) is 4.90 Å². The molecule has 2 rings (SSSR count). The number of nitrogens with zero attached hydrogens (tertiary/aromatic N) is 1. The summed E-state index contributed by atoms with van der Waals surface area (Å²) in [5.74, 6) is 0.763. The summed E-state index contributed by atoms with van der Waals surface area (Å²) in [6.45, 7) is 4.10. The first-order valence-electron chi connectivity index (χ1n) is 9.03. The quantitative estimate of drug-likeness (QED) is 0.320. The van der Waals surface area contributed by atoms with E-state index in [4.69, 9.17) is 4.74 Å². The third-order valence-electron chi connectivity index (χ3n) is 5.20. The molecule has 0 unspecified atom stereocenters. The van der Waals surface area contributed by atoms with E-state index in [9.17, 15) is 8.42 Å². The van der Waals surface area contributed by atoms with Crippen LogP contribution in [0.5, 0.6) is 0 Å². The number of benzene rings is 1. The van der Waals surface area contributed by atoms with Gasteiger partial charge in [-0.2, -0.15) is 0 Å². The SMILES string of the molecule is CN=C(NCc1ccc(S(C)(=O)=O)c(C)c1)NCC1(CCOC)CCC1.I. The molecule has 2 N–H and O–H groups in total. The van der Waals surface area contributed by atoms with Crippen LogP contribution in [-0.2, 0) is 21.1 Å².